The van der Waals surface area contributed by atoms with Crippen LogP contribution in [0.1, 0.15) is 33.1 Å². The molecule has 0 aromatic carbocycles. The highest BCUT2D eigenvalue weighted by molar-refractivity contribution is 4.76. The van der Waals surface area contributed by atoms with Crippen molar-refractivity contribution in [3.05, 3.63) is 0 Å². The number of hydrogen-bond acceptors (Lipinski definition) is 3. The summed E-state index contributed by atoms with van der Waals surface area (Å²) in [6, 6.07) is 0.515. The normalized spacial score (nSPS) is 23.8. The summed E-state index contributed by atoms with van der Waals surface area (Å²) >= 11 is 0. The highest BCUT2D eigenvalue weighted by atomic mass is 16.5. The molecular formula is C11H23NO2. The summed E-state index contributed by atoms with van der Waals surface area (Å²) in [4.78, 5) is 0. The SMILES string of the molecule is CC(C)(CCO)CNC1CCCOC1. The first-order valence-electron chi connectivity index (χ1n) is 5.56. The second kappa shape index (κ2) is 5.69. The van der Waals surface area contributed by atoms with Gasteiger partial charge in [0.25, 0.3) is 0 Å². The third-order valence-electron chi connectivity index (χ3n) is 2.82. The van der Waals surface area contributed by atoms with Gasteiger partial charge in [-0.25, -0.2) is 0 Å². The van der Waals surface area contributed by atoms with Gasteiger partial charge in [0.05, 0.1) is 6.61 Å². The summed E-state index contributed by atoms with van der Waals surface area (Å²) in [7, 11) is 0. The van der Waals surface area contributed by atoms with Crippen molar-refractivity contribution in [2.75, 3.05) is 26.4 Å². The molecule has 1 rings (SSSR count). The molecule has 1 saturated heterocycles. The van der Waals surface area contributed by atoms with Crippen molar-refractivity contribution in [1.29, 1.82) is 0 Å². The van der Waals surface area contributed by atoms with Crippen LogP contribution in [0.4, 0.5) is 0 Å². The zero-order chi connectivity index (χ0) is 10.4. The second-order valence-electron chi connectivity index (χ2n) is 4.93. The van der Waals surface area contributed by atoms with Crippen LogP contribution in [0.5, 0.6) is 0 Å². The van der Waals surface area contributed by atoms with Crippen molar-refractivity contribution in [2.45, 2.75) is 39.2 Å². The lowest BCUT2D eigenvalue weighted by molar-refractivity contribution is 0.0656. The van der Waals surface area contributed by atoms with Gasteiger partial charge in [0.15, 0.2) is 0 Å². The van der Waals surface area contributed by atoms with E-state index in [2.05, 4.69) is 19.2 Å². The van der Waals surface area contributed by atoms with E-state index >= 15 is 0 Å². The minimum atomic E-state index is 0.187. The topological polar surface area (TPSA) is 41.5 Å². The highest BCUT2D eigenvalue weighted by Crippen LogP contribution is 2.19. The van der Waals surface area contributed by atoms with E-state index in [0.717, 1.165) is 32.6 Å². The van der Waals surface area contributed by atoms with Crippen molar-refractivity contribution in [3.8, 4) is 0 Å². The molecule has 2 N–H and O–H groups in total. The predicted octanol–water partition coefficient (Wildman–Crippen LogP) is 1.16. The molecule has 14 heavy (non-hydrogen) atoms. The zero-order valence-electron chi connectivity index (χ0n) is 9.38. The zero-order valence-corrected chi connectivity index (χ0v) is 9.38. The molecule has 84 valence electrons. The Morgan fingerprint density at radius 3 is 2.86 bits per heavy atom. The highest BCUT2D eigenvalue weighted by Gasteiger charge is 2.20. The average Bonchev–Trinajstić information content (AvgIpc) is 2.17. The Morgan fingerprint density at radius 2 is 2.29 bits per heavy atom. The molecule has 3 heteroatoms. The first kappa shape index (κ1) is 12.0. The van der Waals surface area contributed by atoms with E-state index in [4.69, 9.17) is 9.84 Å². The van der Waals surface area contributed by atoms with Gasteiger partial charge in [0.2, 0.25) is 0 Å². The Kier molecular flexibility index (Phi) is 4.85. The molecule has 0 amide bonds. The number of rotatable bonds is 5. The standard InChI is InChI=1S/C11H23NO2/c1-11(2,5-6-13)9-12-10-4-3-7-14-8-10/h10,12-13H,3-9H2,1-2H3. The monoisotopic (exact) mass is 201 g/mol. The summed E-state index contributed by atoms with van der Waals surface area (Å²) in [5.41, 5.74) is 0.187. The second-order valence-corrected chi connectivity index (χ2v) is 4.93. The van der Waals surface area contributed by atoms with Crippen molar-refractivity contribution in [3.63, 3.8) is 0 Å². The molecule has 0 aromatic rings. The smallest absolute Gasteiger partial charge is 0.0619 e. The Labute approximate surface area is 86.8 Å². The Morgan fingerprint density at radius 1 is 1.50 bits per heavy atom. The maximum absolute atomic E-state index is 8.89. The molecule has 0 spiro atoms. The molecule has 1 heterocycles. The van der Waals surface area contributed by atoms with Crippen LogP contribution in [0.15, 0.2) is 0 Å². The number of ether oxygens (including phenoxy) is 1. The minimum absolute atomic E-state index is 0.187. The summed E-state index contributed by atoms with van der Waals surface area (Å²) in [6.45, 7) is 7.35. The first-order chi connectivity index (χ1) is 6.64. The fourth-order valence-corrected chi connectivity index (χ4v) is 1.71. The number of aliphatic hydroxyl groups excluding tert-OH is 1. The fourth-order valence-electron chi connectivity index (χ4n) is 1.71. The predicted molar refractivity (Wildman–Crippen MR) is 57.3 cm³/mol. The lowest BCUT2D eigenvalue weighted by Crippen LogP contribution is -2.42. The number of hydrogen-bond donors (Lipinski definition) is 2. The summed E-state index contributed by atoms with van der Waals surface area (Å²) < 4.78 is 5.40. The third-order valence-corrected chi connectivity index (χ3v) is 2.82. The lowest BCUT2D eigenvalue weighted by Gasteiger charge is -2.29. The molecule has 0 aliphatic carbocycles. The Bertz CT molecular complexity index is 153. The molecule has 1 aliphatic rings. The van der Waals surface area contributed by atoms with Crippen molar-refractivity contribution < 1.29 is 9.84 Å². The van der Waals surface area contributed by atoms with Gasteiger partial charge >= 0.3 is 0 Å². The molecule has 0 aromatic heterocycles. The first-order valence-corrected chi connectivity index (χ1v) is 5.56. The Balaban J connectivity index is 2.17. The molecular weight excluding hydrogens is 178 g/mol. The van der Waals surface area contributed by atoms with Gasteiger partial charge in [-0.1, -0.05) is 13.8 Å². The van der Waals surface area contributed by atoms with Gasteiger partial charge in [-0.2, -0.15) is 0 Å². The van der Waals surface area contributed by atoms with Gasteiger partial charge in [-0.15, -0.1) is 0 Å². The van der Waals surface area contributed by atoms with Crippen LogP contribution in [0, 0.1) is 5.41 Å². The molecule has 0 saturated carbocycles. The average molecular weight is 201 g/mol. The molecule has 0 radical (unpaired) electrons. The fraction of sp³-hybridized carbons (Fsp3) is 1.00. The Hall–Kier alpha value is -0.120. The van der Waals surface area contributed by atoms with Crippen LogP contribution in [-0.2, 0) is 4.74 Å². The van der Waals surface area contributed by atoms with Gasteiger partial charge in [0.1, 0.15) is 0 Å². The minimum Gasteiger partial charge on any atom is -0.396 e. The van der Waals surface area contributed by atoms with E-state index in [-0.39, 0.29) is 12.0 Å². The van der Waals surface area contributed by atoms with E-state index in [1.54, 1.807) is 0 Å². The number of aliphatic hydroxyl groups is 1. The largest absolute Gasteiger partial charge is 0.396 e. The van der Waals surface area contributed by atoms with Gasteiger partial charge in [-0.3, -0.25) is 0 Å². The van der Waals surface area contributed by atoms with Crippen molar-refractivity contribution in [2.24, 2.45) is 5.41 Å². The summed E-state index contributed by atoms with van der Waals surface area (Å²) in [5, 5.41) is 12.4. The van der Waals surface area contributed by atoms with Crippen molar-refractivity contribution >= 4 is 0 Å². The van der Waals surface area contributed by atoms with Crippen LogP contribution in [0.2, 0.25) is 0 Å². The summed E-state index contributed by atoms with van der Waals surface area (Å²) in [6.07, 6.45) is 3.24. The maximum atomic E-state index is 8.89. The molecule has 0 bridgehead atoms. The van der Waals surface area contributed by atoms with Gasteiger partial charge in [-0.05, 0) is 24.7 Å². The molecule has 1 unspecified atom stereocenters. The third kappa shape index (κ3) is 4.40. The van der Waals surface area contributed by atoms with E-state index in [1.165, 1.54) is 6.42 Å². The molecule has 1 atom stereocenters. The van der Waals surface area contributed by atoms with Crippen LogP contribution in [0.25, 0.3) is 0 Å². The van der Waals surface area contributed by atoms with Crippen LogP contribution < -0.4 is 5.32 Å². The van der Waals surface area contributed by atoms with E-state index in [0.29, 0.717) is 6.04 Å². The lowest BCUT2D eigenvalue weighted by atomic mass is 9.89. The van der Waals surface area contributed by atoms with Crippen LogP contribution >= 0.6 is 0 Å². The molecule has 1 aliphatic heterocycles. The van der Waals surface area contributed by atoms with Crippen molar-refractivity contribution in [1.82, 2.24) is 5.32 Å². The molecule has 3 nitrogen and oxygen atoms in total. The van der Waals surface area contributed by atoms with Crippen LogP contribution in [-0.4, -0.2) is 37.5 Å². The summed E-state index contributed by atoms with van der Waals surface area (Å²) in [5.74, 6) is 0. The van der Waals surface area contributed by atoms with E-state index in [1.807, 2.05) is 0 Å². The number of nitrogens with one attached hydrogen (secondary N) is 1. The van der Waals surface area contributed by atoms with E-state index < -0.39 is 0 Å². The van der Waals surface area contributed by atoms with Gasteiger partial charge in [0, 0.05) is 25.8 Å². The molecule has 1 fully saturated rings. The van der Waals surface area contributed by atoms with E-state index in [9.17, 15) is 0 Å². The van der Waals surface area contributed by atoms with Crippen LogP contribution in [0.3, 0.4) is 0 Å². The quantitative estimate of drug-likeness (QED) is 0.701. The van der Waals surface area contributed by atoms with Gasteiger partial charge < -0.3 is 15.2 Å². The maximum Gasteiger partial charge on any atom is 0.0619 e.